The molecule has 0 aliphatic heterocycles. The number of aromatic nitrogens is 1. The van der Waals surface area contributed by atoms with E-state index in [4.69, 9.17) is 4.98 Å². The highest BCUT2D eigenvalue weighted by Gasteiger charge is 2.23. The first-order chi connectivity index (χ1) is 8.72. The molecule has 1 saturated carbocycles. The first-order valence-corrected chi connectivity index (χ1v) is 6.85. The standard InChI is InChI=1S/C16H20N2/c1-11-9-14-5-3-4-6-15(14)18-16(11)17-12(2)10-13-7-8-13/h3-6,9,12-13H,7-8,10H2,1-2H3,(H,17,18). The summed E-state index contributed by atoms with van der Waals surface area (Å²) < 4.78 is 0. The number of pyridine rings is 1. The molecule has 1 aliphatic carbocycles. The predicted octanol–water partition coefficient (Wildman–Crippen LogP) is 4.14. The van der Waals surface area contributed by atoms with Crippen LogP contribution < -0.4 is 5.32 Å². The Balaban J connectivity index is 1.83. The van der Waals surface area contributed by atoms with Crippen molar-refractivity contribution in [2.45, 2.75) is 39.2 Å². The summed E-state index contributed by atoms with van der Waals surface area (Å²) in [6.45, 7) is 4.39. The van der Waals surface area contributed by atoms with Crippen LogP contribution in [-0.2, 0) is 0 Å². The van der Waals surface area contributed by atoms with Gasteiger partial charge in [-0.1, -0.05) is 31.0 Å². The summed E-state index contributed by atoms with van der Waals surface area (Å²) >= 11 is 0. The maximum Gasteiger partial charge on any atom is 0.129 e. The third-order valence-corrected chi connectivity index (χ3v) is 3.68. The molecule has 1 atom stereocenters. The van der Waals surface area contributed by atoms with Crippen molar-refractivity contribution in [3.63, 3.8) is 0 Å². The molecule has 2 nitrogen and oxygen atoms in total. The summed E-state index contributed by atoms with van der Waals surface area (Å²) in [5.41, 5.74) is 2.31. The van der Waals surface area contributed by atoms with Crippen LogP contribution in [0.4, 0.5) is 5.82 Å². The predicted molar refractivity (Wildman–Crippen MR) is 76.9 cm³/mol. The van der Waals surface area contributed by atoms with E-state index < -0.39 is 0 Å². The molecular formula is C16H20N2. The van der Waals surface area contributed by atoms with E-state index in [-0.39, 0.29) is 0 Å². The van der Waals surface area contributed by atoms with Gasteiger partial charge in [-0.15, -0.1) is 0 Å². The zero-order valence-corrected chi connectivity index (χ0v) is 11.1. The number of fused-ring (bicyclic) bond motifs is 1. The molecule has 3 rings (SSSR count). The van der Waals surface area contributed by atoms with E-state index in [0.717, 1.165) is 17.3 Å². The van der Waals surface area contributed by atoms with Gasteiger partial charge in [0.25, 0.3) is 0 Å². The number of hydrogen-bond donors (Lipinski definition) is 1. The second-order valence-electron chi connectivity index (χ2n) is 5.57. The normalized spacial score (nSPS) is 16.8. The van der Waals surface area contributed by atoms with Crippen LogP contribution in [0.5, 0.6) is 0 Å². The lowest BCUT2D eigenvalue weighted by Gasteiger charge is -2.16. The summed E-state index contributed by atoms with van der Waals surface area (Å²) in [5, 5.41) is 4.78. The fourth-order valence-electron chi connectivity index (χ4n) is 2.51. The molecule has 94 valence electrons. The van der Waals surface area contributed by atoms with E-state index in [1.165, 1.54) is 30.2 Å². The van der Waals surface area contributed by atoms with Crippen molar-refractivity contribution >= 4 is 16.7 Å². The van der Waals surface area contributed by atoms with Crippen molar-refractivity contribution < 1.29 is 0 Å². The highest BCUT2D eigenvalue weighted by Crippen LogP contribution is 2.34. The number of benzene rings is 1. The Morgan fingerprint density at radius 1 is 1.33 bits per heavy atom. The van der Waals surface area contributed by atoms with Gasteiger partial charge in [-0.3, -0.25) is 0 Å². The smallest absolute Gasteiger partial charge is 0.129 e. The highest BCUT2D eigenvalue weighted by molar-refractivity contribution is 5.81. The van der Waals surface area contributed by atoms with E-state index in [2.05, 4.69) is 43.4 Å². The molecule has 1 fully saturated rings. The van der Waals surface area contributed by atoms with Crippen LogP contribution in [0.25, 0.3) is 10.9 Å². The average molecular weight is 240 g/mol. The fraction of sp³-hybridized carbons (Fsp3) is 0.438. The number of aryl methyl sites for hydroxylation is 1. The van der Waals surface area contributed by atoms with Gasteiger partial charge < -0.3 is 5.32 Å². The molecule has 0 saturated heterocycles. The number of rotatable bonds is 4. The van der Waals surface area contributed by atoms with Gasteiger partial charge in [-0.05, 0) is 43.9 Å². The molecule has 1 heterocycles. The third-order valence-electron chi connectivity index (χ3n) is 3.68. The largest absolute Gasteiger partial charge is 0.367 e. The van der Waals surface area contributed by atoms with Crippen molar-refractivity contribution in [1.29, 1.82) is 0 Å². The maximum atomic E-state index is 4.73. The van der Waals surface area contributed by atoms with Crippen molar-refractivity contribution in [3.05, 3.63) is 35.9 Å². The Labute approximate surface area is 108 Å². The van der Waals surface area contributed by atoms with Crippen LogP contribution in [0.3, 0.4) is 0 Å². The first kappa shape index (κ1) is 11.5. The van der Waals surface area contributed by atoms with E-state index in [1.807, 2.05) is 6.07 Å². The van der Waals surface area contributed by atoms with Crippen molar-refractivity contribution in [3.8, 4) is 0 Å². The van der Waals surface area contributed by atoms with Crippen LogP contribution in [0, 0.1) is 12.8 Å². The molecule has 1 aliphatic rings. The molecule has 2 aromatic rings. The summed E-state index contributed by atoms with van der Waals surface area (Å²) in [6, 6.07) is 11.0. The van der Waals surface area contributed by atoms with Gasteiger partial charge in [-0.25, -0.2) is 4.98 Å². The number of para-hydroxylation sites is 1. The molecule has 1 N–H and O–H groups in total. The van der Waals surface area contributed by atoms with E-state index in [0.29, 0.717) is 6.04 Å². The minimum Gasteiger partial charge on any atom is -0.367 e. The Bertz CT molecular complexity index is 558. The Morgan fingerprint density at radius 2 is 2.11 bits per heavy atom. The molecule has 1 unspecified atom stereocenters. The first-order valence-electron chi connectivity index (χ1n) is 6.85. The number of anilines is 1. The van der Waals surface area contributed by atoms with Gasteiger partial charge in [0.05, 0.1) is 5.52 Å². The summed E-state index contributed by atoms with van der Waals surface area (Å²) in [6.07, 6.45) is 4.10. The van der Waals surface area contributed by atoms with Crippen molar-refractivity contribution in [1.82, 2.24) is 4.98 Å². The molecule has 0 bridgehead atoms. The summed E-state index contributed by atoms with van der Waals surface area (Å²) in [5.74, 6) is 2.00. The Kier molecular flexibility index (Phi) is 2.94. The molecule has 0 radical (unpaired) electrons. The number of nitrogens with zero attached hydrogens (tertiary/aromatic N) is 1. The summed E-state index contributed by atoms with van der Waals surface area (Å²) in [7, 11) is 0. The van der Waals surface area contributed by atoms with Gasteiger partial charge in [0.15, 0.2) is 0 Å². The SMILES string of the molecule is Cc1cc2ccccc2nc1NC(C)CC1CC1. The monoisotopic (exact) mass is 240 g/mol. The van der Waals surface area contributed by atoms with Crippen LogP contribution >= 0.6 is 0 Å². The van der Waals surface area contributed by atoms with Crippen LogP contribution in [0.2, 0.25) is 0 Å². The maximum absolute atomic E-state index is 4.73. The molecule has 2 heteroatoms. The van der Waals surface area contributed by atoms with Crippen molar-refractivity contribution in [2.75, 3.05) is 5.32 Å². The number of nitrogens with one attached hydrogen (secondary N) is 1. The molecule has 0 spiro atoms. The van der Waals surface area contributed by atoms with Gasteiger partial charge in [0.2, 0.25) is 0 Å². The minimum atomic E-state index is 0.518. The van der Waals surface area contributed by atoms with E-state index >= 15 is 0 Å². The molecule has 1 aromatic carbocycles. The second-order valence-corrected chi connectivity index (χ2v) is 5.57. The van der Waals surface area contributed by atoms with Gasteiger partial charge in [0, 0.05) is 11.4 Å². The fourth-order valence-corrected chi connectivity index (χ4v) is 2.51. The topological polar surface area (TPSA) is 24.9 Å². The van der Waals surface area contributed by atoms with E-state index in [1.54, 1.807) is 0 Å². The summed E-state index contributed by atoms with van der Waals surface area (Å²) in [4.78, 5) is 4.73. The lowest BCUT2D eigenvalue weighted by Crippen LogP contribution is -2.17. The third kappa shape index (κ3) is 2.47. The Morgan fingerprint density at radius 3 is 2.89 bits per heavy atom. The average Bonchev–Trinajstić information content (AvgIpc) is 3.14. The zero-order chi connectivity index (χ0) is 12.5. The van der Waals surface area contributed by atoms with Crippen LogP contribution in [0.1, 0.15) is 31.7 Å². The molecule has 0 amide bonds. The highest BCUT2D eigenvalue weighted by atomic mass is 15.0. The van der Waals surface area contributed by atoms with Gasteiger partial charge >= 0.3 is 0 Å². The van der Waals surface area contributed by atoms with Crippen molar-refractivity contribution in [2.24, 2.45) is 5.92 Å². The molecule has 18 heavy (non-hydrogen) atoms. The minimum absolute atomic E-state index is 0.518. The van der Waals surface area contributed by atoms with Gasteiger partial charge in [-0.2, -0.15) is 0 Å². The zero-order valence-electron chi connectivity index (χ0n) is 11.1. The quantitative estimate of drug-likeness (QED) is 0.868. The molecule has 1 aromatic heterocycles. The van der Waals surface area contributed by atoms with E-state index in [9.17, 15) is 0 Å². The number of hydrogen-bond acceptors (Lipinski definition) is 2. The lowest BCUT2D eigenvalue weighted by molar-refractivity contribution is 0.640. The molecular weight excluding hydrogens is 220 g/mol. The second kappa shape index (κ2) is 4.60. The van der Waals surface area contributed by atoms with Gasteiger partial charge in [0.1, 0.15) is 5.82 Å². The Hall–Kier alpha value is -1.57. The van der Waals surface area contributed by atoms with Crippen LogP contribution in [0.15, 0.2) is 30.3 Å². The van der Waals surface area contributed by atoms with Crippen LogP contribution in [-0.4, -0.2) is 11.0 Å². The lowest BCUT2D eigenvalue weighted by atomic mass is 10.1.